The topological polar surface area (TPSA) is 43.8 Å². The maximum Gasteiger partial charge on any atom is 0.303 e. The second-order valence-corrected chi connectivity index (χ2v) is 8.13. The maximum atomic E-state index is 10.7. The van der Waals surface area contributed by atoms with Gasteiger partial charge in [0, 0.05) is 28.8 Å². The van der Waals surface area contributed by atoms with E-state index in [2.05, 4.69) is 73.3 Å². The minimum atomic E-state index is -0.727. The first kappa shape index (κ1) is 18.8. The van der Waals surface area contributed by atoms with Gasteiger partial charge in [0.05, 0.1) is 11.4 Å². The SMILES string of the molecule is CC(CN1c2ccccc2Sc2cc(CCCC(=O)O)ccc21)N(C)C. The van der Waals surface area contributed by atoms with Gasteiger partial charge in [-0.3, -0.25) is 4.79 Å². The van der Waals surface area contributed by atoms with Crippen molar-refractivity contribution >= 4 is 29.1 Å². The summed E-state index contributed by atoms with van der Waals surface area (Å²) in [6, 6.07) is 15.5. The largest absolute Gasteiger partial charge is 0.481 e. The van der Waals surface area contributed by atoms with Crippen LogP contribution in [0.2, 0.25) is 0 Å². The number of aryl methyl sites for hydroxylation is 1. The van der Waals surface area contributed by atoms with Gasteiger partial charge in [-0.15, -0.1) is 0 Å². The van der Waals surface area contributed by atoms with E-state index in [1.807, 2.05) is 0 Å². The molecule has 2 aromatic rings. The average molecular weight is 371 g/mol. The van der Waals surface area contributed by atoms with Crippen LogP contribution in [0.4, 0.5) is 11.4 Å². The number of para-hydroxylation sites is 1. The Labute approximate surface area is 159 Å². The highest BCUT2D eigenvalue weighted by atomic mass is 32.2. The molecule has 5 heteroatoms. The third-order valence-corrected chi connectivity index (χ3v) is 5.99. The van der Waals surface area contributed by atoms with E-state index < -0.39 is 5.97 Å². The summed E-state index contributed by atoms with van der Waals surface area (Å²) in [6.07, 6.45) is 1.70. The van der Waals surface area contributed by atoms with Gasteiger partial charge in [0.1, 0.15) is 0 Å². The van der Waals surface area contributed by atoms with E-state index in [9.17, 15) is 4.79 Å². The van der Waals surface area contributed by atoms with Crippen LogP contribution in [0, 0.1) is 0 Å². The lowest BCUT2D eigenvalue weighted by Gasteiger charge is -2.36. The van der Waals surface area contributed by atoms with Crippen LogP contribution >= 0.6 is 11.8 Å². The number of benzene rings is 2. The molecule has 138 valence electrons. The first-order chi connectivity index (χ1) is 12.5. The molecule has 1 aliphatic heterocycles. The quantitative estimate of drug-likeness (QED) is 0.769. The van der Waals surface area contributed by atoms with Crippen molar-refractivity contribution in [3.05, 3.63) is 48.0 Å². The standard InChI is InChI=1S/C21H26N2O2S/c1-15(22(2)3)14-23-17-8-4-5-9-19(17)26-20-13-16(11-12-18(20)23)7-6-10-21(24)25/h4-5,8-9,11-13,15H,6-7,10,14H2,1-3H3,(H,24,25). The summed E-state index contributed by atoms with van der Waals surface area (Å²) in [5.74, 6) is -0.727. The van der Waals surface area contributed by atoms with Crippen molar-refractivity contribution in [3.63, 3.8) is 0 Å². The molecule has 1 heterocycles. The van der Waals surface area contributed by atoms with Crippen LogP contribution in [-0.4, -0.2) is 42.7 Å². The van der Waals surface area contributed by atoms with E-state index in [-0.39, 0.29) is 6.42 Å². The van der Waals surface area contributed by atoms with Gasteiger partial charge in [-0.1, -0.05) is 30.0 Å². The minimum absolute atomic E-state index is 0.222. The third kappa shape index (κ3) is 4.22. The Hall–Kier alpha value is -1.98. The number of aliphatic carboxylic acids is 1. The lowest BCUT2D eigenvalue weighted by Crippen LogP contribution is -2.37. The lowest BCUT2D eigenvalue weighted by atomic mass is 10.1. The highest BCUT2D eigenvalue weighted by molar-refractivity contribution is 7.99. The molecule has 0 amide bonds. The number of rotatable bonds is 7. The van der Waals surface area contributed by atoms with Crippen molar-refractivity contribution in [1.29, 1.82) is 0 Å². The Morgan fingerprint density at radius 1 is 1.15 bits per heavy atom. The molecule has 0 aromatic heterocycles. The van der Waals surface area contributed by atoms with E-state index in [1.54, 1.807) is 11.8 Å². The number of hydrogen-bond donors (Lipinski definition) is 1. The van der Waals surface area contributed by atoms with Crippen LogP contribution in [0.25, 0.3) is 0 Å². The van der Waals surface area contributed by atoms with Crippen molar-refractivity contribution in [1.82, 2.24) is 4.90 Å². The highest BCUT2D eigenvalue weighted by Crippen LogP contribution is 2.48. The zero-order valence-electron chi connectivity index (χ0n) is 15.6. The number of hydrogen-bond acceptors (Lipinski definition) is 4. The van der Waals surface area contributed by atoms with E-state index in [1.165, 1.54) is 26.7 Å². The van der Waals surface area contributed by atoms with Crippen LogP contribution < -0.4 is 4.90 Å². The number of fused-ring (bicyclic) bond motifs is 2. The molecule has 1 unspecified atom stereocenters. The summed E-state index contributed by atoms with van der Waals surface area (Å²) >= 11 is 1.80. The molecule has 0 spiro atoms. The van der Waals surface area contributed by atoms with Crippen molar-refractivity contribution in [2.24, 2.45) is 0 Å². The van der Waals surface area contributed by atoms with Crippen LogP contribution in [0.15, 0.2) is 52.3 Å². The summed E-state index contributed by atoms with van der Waals surface area (Å²) in [7, 11) is 4.23. The summed E-state index contributed by atoms with van der Waals surface area (Å²) < 4.78 is 0. The molecule has 1 aliphatic rings. The number of carboxylic acid groups (broad SMARTS) is 1. The average Bonchev–Trinajstić information content (AvgIpc) is 2.60. The van der Waals surface area contributed by atoms with Crippen LogP contribution in [0.1, 0.15) is 25.3 Å². The molecule has 0 saturated carbocycles. The fourth-order valence-electron chi connectivity index (χ4n) is 3.10. The second kappa shape index (κ2) is 8.14. The Bertz CT molecular complexity index is 791. The first-order valence-electron chi connectivity index (χ1n) is 9.01. The lowest BCUT2D eigenvalue weighted by molar-refractivity contribution is -0.137. The monoisotopic (exact) mass is 370 g/mol. The summed E-state index contributed by atoms with van der Waals surface area (Å²) in [4.78, 5) is 17.9. The van der Waals surface area contributed by atoms with E-state index in [0.717, 1.165) is 13.0 Å². The number of carbonyl (C=O) groups is 1. The molecule has 0 aliphatic carbocycles. The van der Waals surface area contributed by atoms with Crippen LogP contribution in [0.5, 0.6) is 0 Å². The highest BCUT2D eigenvalue weighted by Gasteiger charge is 2.25. The molecule has 3 rings (SSSR count). The summed E-state index contributed by atoms with van der Waals surface area (Å²) in [5.41, 5.74) is 3.71. The van der Waals surface area contributed by atoms with E-state index >= 15 is 0 Å². The van der Waals surface area contributed by atoms with Crippen molar-refractivity contribution in [2.45, 2.75) is 42.0 Å². The van der Waals surface area contributed by atoms with Gasteiger partial charge in [0.15, 0.2) is 0 Å². The summed E-state index contributed by atoms with van der Waals surface area (Å²) in [6.45, 7) is 3.17. The zero-order chi connectivity index (χ0) is 18.7. The van der Waals surface area contributed by atoms with E-state index in [4.69, 9.17) is 5.11 Å². The van der Waals surface area contributed by atoms with Crippen molar-refractivity contribution < 1.29 is 9.90 Å². The zero-order valence-corrected chi connectivity index (χ0v) is 16.4. The molecule has 4 nitrogen and oxygen atoms in total. The van der Waals surface area contributed by atoms with Crippen molar-refractivity contribution in [3.8, 4) is 0 Å². The van der Waals surface area contributed by atoms with Gasteiger partial charge in [0.2, 0.25) is 0 Å². The molecule has 1 atom stereocenters. The van der Waals surface area contributed by atoms with Gasteiger partial charge in [0.25, 0.3) is 0 Å². The molecule has 0 radical (unpaired) electrons. The number of carboxylic acids is 1. The van der Waals surface area contributed by atoms with Gasteiger partial charge >= 0.3 is 5.97 Å². The van der Waals surface area contributed by atoms with Crippen molar-refractivity contribution in [2.75, 3.05) is 25.5 Å². The Kier molecular flexibility index (Phi) is 5.89. The van der Waals surface area contributed by atoms with Gasteiger partial charge in [-0.25, -0.2) is 0 Å². The molecule has 0 bridgehead atoms. The third-order valence-electron chi connectivity index (χ3n) is 4.88. The Balaban J connectivity index is 1.88. The predicted octanol–water partition coefficient (Wildman–Crippen LogP) is 4.65. The normalized spacial score (nSPS) is 14.1. The molecule has 26 heavy (non-hydrogen) atoms. The molecular weight excluding hydrogens is 344 g/mol. The number of anilines is 2. The Morgan fingerprint density at radius 2 is 1.88 bits per heavy atom. The fraction of sp³-hybridized carbons (Fsp3) is 0.381. The number of likely N-dealkylation sites (N-methyl/N-ethyl adjacent to an activating group) is 1. The smallest absolute Gasteiger partial charge is 0.303 e. The molecule has 2 aromatic carbocycles. The molecule has 1 N–H and O–H groups in total. The van der Waals surface area contributed by atoms with E-state index in [0.29, 0.717) is 12.5 Å². The van der Waals surface area contributed by atoms with Gasteiger partial charge in [-0.05, 0) is 63.7 Å². The Morgan fingerprint density at radius 3 is 2.62 bits per heavy atom. The fourth-order valence-corrected chi connectivity index (χ4v) is 4.26. The van der Waals surface area contributed by atoms with Gasteiger partial charge in [-0.2, -0.15) is 0 Å². The van der Waals surface area contributed by atoms with Crippen LogP contribution in [0.3, 0.4) is 0 Å². The summed E-state index contributed by atoms with van der Waals surface area (Å²) in [5, 5.41) is 8.84. The number of nitrogens with zero attached hydrogens (tertiary/aromatic N) is 2. The van der Waals surface area contributed by atoms with Crippen LogP contribution in [-0.2, 0) is 11.2 Å². The minimum Gasteiger partial charge on any atom is -0.481 e. The molecule has 0 saturated heterocycles. The molecular formula is C21H26N2O2S. The predicted molar refractivity (Wildman–Crippen MR) is 108 cm³/mol. The van der Waals surface area contributed by atoms with Gasteiger partial charge < -0.3 is 14.9 Å². The first-order valence-corrected chi connectivity index (χ1v) is 9.83. The maximum absolute atomic E-state index is 10.7. The molecule has 0 fully saturated rings. The second-order valence-electron chi connectivity index (χ2n) is 7.04.